The molecule has 250 valence electrons. The minimum absolute atomic E-state index is 0.0527. The van der Waals surface area contributed by atoms with Gasteiger partial charge in [-0.05, 0) is 90.0 Å². The molecule has 3 aromatic carbocycles. The van der Waals surface area contributed by atoms with E-state index < -0.39 is 41.0 Å². The van der Waals surface area contributed by atoms with Crippen LogP contribution in [-0.2, 0) is 20.9 Å². The lowest BCUT2D eigenvalue weighted by Gasteiger charge is -2.26. The highest BCUT2D eigenvalue weighted by Gasteiger charge is 2.45. The fraction of sp³-hybridized carbons (Fsp3) is 0.212. The predicted molar refractivity (Wildman–Crippen MR) is 186 cm³/mol. The Morgan fingerprint density at radius 2 is 1.69 bits per heavy atom. The zero-order chi connectivity index (χ0) is 34.7. The van der Waals surface area contributed by atoms with Crippen molar-refractivity contribution in [3.63, 3.8) is 0 Å². The number of benzene rings is 3. The molecule has 0 saturated heterocycles. The first-order valence-corrected chi connectivity index (χ1v) is 17.3. The molecule has 0 N–H and O–H groups in total. The van der Waals surface area contributed by atoms with Gasteiger partial charge in [0.05, 0.1) is 38.5 Å². The maximum absolute atomic E-state index is 14.4. The van der Waals surface area contributed by atoms with E-state index >= 15 is 0 Å². The van der Waals surface area contributed by atoms with Crippen molar-refractivity contribution in [3.8, 4) is 5.75 Å². The number of aromatic nitrogens is 1. The number of fused-ring (bicyclic) bond motifs is 1. The van der Waals surface area contributed by atoms with Gasteiger partial charge in [-0.1, -0.05) is 63.1 Å². The monoisotopic (exact) mass is 874 g/mol. The Balaban J connectivity index is 1.63. The van der Waals surface area contributed by atoms with Crippen molar-refractivity contribution in [2.24, 2.45) is 4.99 Å². The molecule has 0 unspecified atom stereocenters. The Morgan fingerprint density at radius 1 is 1.04 bits per heavy atom. The number of halogens is 6. The smallest absolute Gasteiger partial charge is 0.434 e. The minimum Gasteiger partial charge on any atom is -0.487 e. The van der Waals surface area contributed by atoms with Gasteiger partial charge in [0.15, 0.2) is 10.5 Å². The molecule has 8 nitrogen and oxygen atoms in total. The fourth-order valence-corrected chi connectivity index (χ4v) is 7.71. The highest BCUT2D eigenvalue weighted by atomic mass is 127. The van der Waals surface area contributed by atoms with Crippen LogP contribution in [0.3, 0.4) is 0 Å². The van der Waals surface area contributed by atoms with E-state index in [0.717, 1.165) is 21.5 Å². The van der Waals surface area contributed by atoms with Gasteiger partial charge in [-0.3, -0.25) is 9.36 Å². The lowest BCUT2D eigenvalue weighted by Crippen LogP contribution is -2.41. The molecular weight excluding hydrogens is 852 g/mol. The van der Waals surface area contributed by atoms with Crippen LogP contribution < -0.4 is 19.6 Å². The molecule has 0 amide bonds. The van der Waals surface area contributed by atoms with Crippen LogP contribution >= 0.6 is 61.5 Å². The number of hydrogen-bond acceptors (Lipinski definition) is 8. The molecule has 48 heavy (non-hydrogen) atoms. The lowest BCUT2D eigenvalue weighted by atomic mass is 9.95. The molecule has 0 radical (unpaired) electrons. The van der Waals surface area contributed by atoms with E-state index in [9.17, 15) is 27.6 Å². The van der Waals surface area contributed by atoms with Crippen LogP contribution in [-0.4, -0.2) is 35.9 Å². The summed E-state index contributed by atoms with van der Waals surface area (Å²) in [6.07, 6.45) is -3.52. The van der Waals surface area contributed by atoms with E-state index in [4.69, 9.17) is 25.8 Å². The third-order valence-corrected chi connectivity index (χ3v) is 9.45. The summed E-state index contributed by atoms with van der Waals surface area (Å²) in [7, 11) is 0. The van der Waals surface area contributed by atoms with E-state index in [1.807, 2.05) is 0 Å². The first-order chi connectivity index (χ1) is 22.8. The Morgan fingerprint density at radius 3 is 2.31 bits per heavy atom. The second kappa shape index (κ2) is 15.0. The summed E-state index contributed by atoms with van der Waals surface area (Å²) in [5, 5.41) is 0.315. The highest BCUT2D eigenvalue weighted by Crippen LogP contribution is 2.38. The number of allylic oxidation sites excluding steroid dienone is 1. The van der Waals surface area contributed by atoms with Crippen LogP contribution in [0.25, 0.3) is 6.08 Å². The summed E-state index contributed by atoms with van der Waals surface area (Å²) < 4.78 is 62.0. The number of carbonyl (C=O) groups is 2. The molecule has 1 atom stereocenters. The number of esters is 2. The van der Waals surface area contributed by atoms with Crippen molar-refractivity contribution < 1.29 is 37.0 Å². The van der Waals surface area contributed by atoms with Crippen LogP contribution in [0.4, 0.5) is 13.2 Å². The number of hydrogen-bond donors (Lipinski definition) is 0. The fourth-order valence-electron chi connectivity index (χ4n) is 4.89. The van der Waals surface area contributed by atoms with Crippen molar-refractivity contribution in [1.29, 1.82) is 0 Å². The largest absolute Gasteiger partial charge is 0.487 e. The first kappa shape index (κ1) is 35.8. The molecule has 1 aromatic heterocycles. The molecule has 1 aliphatic rings. The van der Waals surface area contributed by atoms with Crippen LogP contribution in [0.2, 0.25) is 5.02 Å². The van der Waals surface area contributed by atoms with Gasteiger partial charge in [0.25, 0.3) is 5.56 Å². The molecule has 2 heterocycles. The minimum atomic E-state index is -5.03. The summed E-state index contributed by atoms with van der Waals surface area (Å²) >= 11 is 12.3. The molecule has 5 rings (SSSR count). The SMILES string of the molecule is CCOC(=O)C1=C(C(F)(F)F)N=c2s/c(=C\c3cc(Br)cc(I)c3OCc3ccc(C(=O)OCC)cc3)c(=O)n2[C@@H]1c1ccc(Cl)cc1. The number of carbonyl (C=O) groups excluding carboxylic acids is 2. The molecule has 1 aliphatic heterocycles. The predicted octanol–water partition coefficient (Wildman–Crippen LogP) is 7.12. The third-order valence-electron chi connectivity index (χ3n) is 6.95. The van der Waals surface area contributed by atoms with Gasteiger partial charge in [-0.15, -0.1) is 0 Å². The molecule has 0 bridgehead atoms. The van der Waals surface area contributed by atoms with Crippen LogP contribution in [0.5, 0.6) is 5.75 Å². The average Bonchev–Trinajstić information content (AvgIpc) is 3.34. The Labute approximate surface area is 302 Å². The van der Waals surface area contributed by atoms with Crippen LogP contribution in [0.1, 0.15) is 46.9 Å². The lowest BCUT2D eigenvalue weighted by molar-refractivity contribution is -0.140. The number of ether oxygens (including phenoxy) is 3. The van der Waals surface area contributed by atoms with Gasteiger partial charge in [0.1, 0.15) is 12.4 Å². The molecule has 0 fully saturated rings. The maximum Gasteiger partial charge on any atom is 0.434 e. The maximum atomic E-state index is 14.4. The molecule has 15 heteroatoms. The molecule has 0 spiro atoms. The summed E-state index contributed by atoms with van der Waals surface area (Å²) in [5.41, 5.74) is -1.10. The molecule has 0 aliphatic carbocycles. The van der Waals surface area contributed by atoms with Crippen LogP contribution in [0.15, 0.2) is 86.2 Å². The van der Waals surface area contributed by atoms with E-state index in [1.165, 1.54) is 37.3 Å². The quantitative estimate of drug-likeness (QED) is 0.131. The Kier molecular flexibility index (Phi) is 11.2. The normalized spacial score (nSPS) is 14.8. The molecule has 4 aromatic rings. The third kappa shape index (κ3) is 7.71. The number of thiazole rings is 1. The summed E-state index contributed by atoms with van der Waals surface area (Å²) in [6.45, 7) is 3.36. The van der Waals surface area contributed by atoms with Gasteiger partial charge in [0.2, 0.25) is 0 Å². The summed E-state index contributed by atoms with van der Waals surface area (Å²) in [6, 6.07) is 14.5. The van der Waals surface area contributed by atoms with E-state index in [1.54, 1.807) is 43.3 Å². The van der Waals surface area contributed by atoms with Crippen molar-refractivity contribution in [1.82, 2.24) is 4.57 Å². The zero-order valence-electron chi connectivity index (χ0n) is 25.1. The Hall–Kier alpha value is -3.47. The van der Waals surface area contributed by atoms with Crippen molar-refractivity contribution in [3.05, 3.63) is 127 Å². The number of alkyl halides is 3. The van der Waals surface area contributed by atoms with Gasteiger partial charge in [-0.25, -0.2) is 14.6 Å². The molecule has 0 saturated carbocycles. The van der Waals surface area contributed by atoms with Gasteiger partial charge < -0.3 is 14.2 Å². The second-order valence-electron chi connectivity index (χ2n) is 10.1. The van der Waals surface area contributed by atoms with Crippen molar-refractivity contribution in [2.75, 3.05) is 13.2 Å². The number of rotatable bonds is 9. The average molecular weight is 876 g/mol. The zero-order valence-corrected chi connectivity index (χ0v) is 30.4. The van der Waals surface area contributed by atoms with Gasteiger partial charge >= 0.3 is 18.1 Å². The summed E-state index contributed by atoms with van der Waals surface area (Å²) in [5.74, 6) is -1.27. The highest BCUT2D eigenvalue weighted by molar-refractivity contribution is 14.1. The van der Waals surface area contributed by atoms with Gasteiger partial charge in [-0.2, -0.15) is 13.2 Å². The van der Waals surface area contributed by atoms with E-state index in [2.05, 4.69) is 43.5 Å². The number of nitrogens with zero attached hydrogens (tertiary/aromatic N) is 2. The van der Waals surface area contributed by atoms with E-state index in [0.29, 0.717) is 29.9 Å². The first-order valence-electron chi connectivity index (χ1n) is 14.3. The topological polar surface area (TPSA) is 96.2 Å². The van der Waals surface area contributed by atoms with Crippen LogP contribution in [0, 0.1) is 3.57 Å². The van der Waals surface area contributed by atoms with Gasteiger partial charge in [0, 0.05) is 15.1 Å². The van der Waals surface area contributed by atoms with E-state index in [-0.39, 0.29) is 34.7 Å². The standard InChI is InChI=1S/C33H24BrClF3IN2O6S/c1-3-45-30(43)19-7-5-17(6-8-19)16-47-27-20(13-21(34)15-23(27)39)14-24-29(42)41-26(18-9-11-22(35)12-10-18)25(31(44)46-4-2)28(33(36,37)38)40-32(41)48-24/h5-15,26H,3-4,16H2,1-2H3/b24-14-/t26-/m1/s1. The second-order valence-corrected chi connectivity index (χ2v) is 13.7. The van der Waals surface area contributed by atoms with Crippen molar-refractivity contribution >= 4 is 79.5 Å². The Bertz CT molecular complexity index is 2100. The molecular formula is C33H24BrClF3IN2O6S. The summed E-state index contributed by atoms with van der Waals surface area (Å²) in [4.78, 5) is 42.7. The van der Waals surface area contributed by atoms with Crippen molar-refractivity contribution in [2.45, 2.75) is 32.7 Å².